The second-order valence-corrected chi connectivity index (χ2v) is 4.10. The van der Waals surface area contributed by atoms with Crippen molar-refractivity contribution in [3.05, 3.63) is 22.0 Å². The molecule has 1 rings (SSSR count). The van der Waals surface area contributed by atoms with Gasteiger partial charge >= 0.3 is 5.97 Å². The molecule has 13 heavy (non-hydrogen) atoms. The first-order chi connectivity index (χ1) is 6.06. The number of halogens is 1. The van der Waals surface area contributed by atoms with E-state index in [-0.39, 0.29) is 5.57 Å². The van der Waals surface area contributed by atoms with Gasteiger partial charge in [0.1, 0.15) is 0 Å². The lowest BCUT2D eigenvalue weighted by molar-refractivity contribution is -0.130. The molecule has 1 aromatic heterocycles. The van der Waals surface area contributed by atoms with E-state index < -0.39 is 5.97 Å². The van der Waals surface area contributed by atoms with Crippen molar-refractivity contribution in [3.8, 4) is 5.06 Å². The van der Waals surface area contributed by atoms with E-state index in [0.717, 1.165) is 4.47 Å². The predicted octanol–water partition coefficient (Wildman–Crippen LogP) is 2.62. The van der Waals surface area contributed by atoms with Crippen LogP contribution >= 0.6 is 27.3 Å². The number of carboxylic acid groups (broad SMARTS) is 1. The maximum absolute atomic E-state index is 10.6. The average Bonchev–Trinajstić information content (AvgIpc) is 2.45. The Bertz CT molecular complexity index is 356. The third-order valence-electron chi connectivity index (χ3n) is 1.40. The van der Waals surface area contributed by atoms with Crippen LogP contribution in [0, 0.1) is 0 Å². The van der Waals surface area contributed by atoms with Crippen molar-refractivity contribution in [1.29, 1.82) is 0 Å². The molecule has 0 aliphatic rings. The minimum absolute atomic E-state index is 0.0778. The van der Waals surface area contributed by atoms with E-state index in [1.54, 1.807) is 6.07 Å². The molecular weight excluding hydrogens is 256 g/mol. The second-order valence-electron chi connectivity index (χ2n) is 2.23. The Morgan fingerprint density at radius 1 is 1.77 bits per heavy atom. The zero-order valence-electron chi connectivity index (χ0n) is 6.83. The molecule has 1 heterocycles. The van der Waals surface area contributed by atoms with E-state index in [2.05, 4.69) is 22.5 Å². The molecule has 1 N–H and O–H groups in total. The summed E-state index contributed by atoms with van der Waals surface area (Å²) in [6.45, 7) is 3.45. The first-order valence-electron chi connectivity index (χ1n) is 3.32. The molecule has 0 spiro atoms. The molecule has 0 aromatic carbocycles. The number of hydrogen-bond acceptors (Lipinski definition) is 3. The van der Waals surface area contributed by atoms with Crippen LogP contribution in [0.2, 0.25) is 0 Å². The second kappa shape index (κ2) is 3.93. The Morgan fingerprint density at radius 3 is 2.77 bits per heavy atom. The fourth-order valence-corrected chi connectivity index (χ4v) is 2.36. The van der Waals surface area contributed by atoms with Crippen molar-refractivity contribution in [3.63, 3.8) is 0 Å². The lowest BCUT2D eigenvalue weighted by Gasteiger charge is -1.93. The standard InChI is InChI=1S/C8H7BrO3S/c1-4(7(10)11)6-3-5(9)8(12-2)13-6/h3H,1H2,2H3,(H,10,11). The van der Waals surface area contributed by atoms with Gasteiger partial charge in [-0.1, -0.05) is 17.9 Å². The predicted molar refractivity (Wildman–Crippen MR) is 55.2 cm³/mol. The monoisotopic (exact) mass is 262 g/mol. The summed E-state index contributed by atoms with van der Waals surface area (Å²) >= 11 is 4.49. The Hall–Kier alpha value is -0.810. The number of carbonyl (C=O) groups is 1. The van der Waals surface area contributed by atoms with Crippen LogP contribution in [0.1, 0.15) is 4.88 Å². The number of carboxylic acids is 1. The van der Waals surface area contributed by atoms with Crippen LogP contribution in [-0.2, 0) is 4.79 Å². The number of ether oxygens (including phenoxy) is 1. The highest BCUT2D eigenvalue weighted by Gasteiger charge is 2.13. The van der Waals surface area contributed by atoms with Crippen LogP contribution < -0.4 is 4.74 Å². The molecule has 70 valence electrons. The van der Waals surface area contributed by atoms with Gasteiger partial charge in [0.2, 0.25) is 0 Å². The molecule has 1 aromatic rings. The molecular formula is C8H7BrO3S. The van der Waals surface area contributed by atoms with Gasteiger partial charge in [-0.25, -0.2) is 4.79 Å². The zero-order valence-corrected chi connectivity index (χ0v) is 9.24. The van der Waals surface area contributed by atoms with Gasteiger partial charge in [-0.2, -0.15) is 0 Å². The van der Waals surface area contributed by atoms with Gasteiger partial charge < -0.3 is 9.84 Å². The highest BCUT2D eigenvalue weighted by atomic mass is 79.9. The SMILES string of the molecule is C=C(C(=O)O)c1cc(Br)c(OC)s1. The van der Waals surface area contributed by atoms with E-state index in [1.165, 1.54) is 18.4 Å². The molecule has 0 fully saturated rings. The molecule has 0 saturated carbocycles. The molecule has 5 heteroatoms. The molecule has 0 saturated heterocycles. The quantitative estimate of drug-likeness (QED) is 0.852. The van der Waals surface area contributed by atoms with Gasteiger partial charge in [0.15, 0.2) is 5.06 Å². The molecule has 0 atom stereocenters. The van der Waals surface area contributed by atoms with Crippen molar-refractivity contribution < 1.29 is 14.6 Å². The van der Waals surface area contributed by atoms with Crippen molar-refractivity contribution in [2.45, 2.75) is 0 Å². The number of hydrogen-bond donors (Lipinski definition) is 1. The fraction of sp³-hybridized carbons (Fsp3) is 0.125. The molecule has 0 aliphatic carbocycles. The topological polar surface area (TPSA) is 46.5 Å². The van der Waals surface area contributed by atoms with Crippen molar-refractivity contribution in [1.82, 2.24) is 0 Å². The van der Waals surface area contributed by atoms with E-state index in [9.17, 15) is 4.79 Å². The lowest BCUT2D eigenvalue weighted by atomic mass is 10.2. The number of rotatable bonds is 3. The molecule has 0 bridgehead atoms. The normalized spacial score (nSPS) is 9.69. The van der Waals surface area contributed by atoms with Crippen LogP contribution in [0.5, 0.6) is 5.06 Å². The van der Waals surface area contributed by atoms with Crippen molar-refractivity contribution in [2.24, 2.45) is 0 Å². The molecule has 0 radical (unpaired) electrons. The van der Waals surface area contributed by atoms with Gasteiger partial charge in [-0.05, 0) is 22.0 Å². The van der Waals surface area contributed by atoms with Crippen molar-refractivity contribution >= 4 is 38.8 Å². The highest BCUT2D eigenvalue weighted by molar-refractivity contribution is 9.10. The minimum Gasteiger partial charge on any atom is -0.486 e. The smallest absolute Gasteiger partial charge is 0.336 e. The summed E-state index contributed by atoms with van der Waals surface area (Å²) in [6.07, 6.45) is 0. The van der Waals surface area contributed by atoms with Crippen LogP contribution in [0.25, 0.3) is 5.57 Å². The maximum atomic E-state index is 10.6. The highest BCUT2D eigenvalue weighted by Crippen LogP contribution is 2.37. The maximum Gasteiger partial charge on any atom is 0.336 e. The van der Waals surface area contributed by atoms with E-state index in [4.69, 9.17) is 9.84 Å². The van der Waals surface area contributed by atoms with Crippen molar-refractivity contribution in [2.75, 3.05) is 7.11 Å². The van der Waals surface area contributed by atoms with Gasteiger partial charge in [-0.3, -0.25) is 0 Å². The number of methoxy groups -OCH3 is 1. The van der Waals surface area contributed by atoms with E-state index in [0.29, 0.717) is 9.94 Å². The van der Waals surface area contributed by atoms with Gasteiger partial charge in [0, 0.05) is 4.88 Å². The molecule has 0 aliphatic heterocycles. The Balaban J connectivity index is 3.04. The number of thiophene rings is 1. The van der Waals surface area contributed by atoms with Gasteiger partial charge in [0.05, 0.1) is 17.2 Å². The van der Waals surface area contributed by atoms with Gasteiger partial charge in [-0.15, -0.1) is 0 Å². The van der Waals surface area contributed by atoms with E-state index in [1.807, 2.05) is 0 Å². The fourth-order valence-electron chi connectivity index (χ4n) is 0.745. The third-order valence-corrected chi connectivity index (χ3v) is 3.40. The molecule has 0 amide bonds. The summed E-state index contributed by atoms with van der Waals surface area (Å²) in [5.74, 6) is -1.02. The Morgan fingerprint density at radius 2 is 2.38 bits per heavy atom. The van der Waals surface area contributed by atoms with Crippen LogP contribution in [0.3, 0.4) is 0 Å². The Kier molecular flexibility index (Phi) is 3.11. The summed E-state index contributed by atoms with van der Waals surface area (Å²) in [5, 5.41) is 9.31. The minimum atomic E-state index is -1.02. The summed E-state index contributed by atoms with van der Waals surface area (Å²) in [7, 11) is 1.53. The average molecular weight is 263 g/mol. The number of aliphatic carboxylic acids is 1. The largest absolute Gasteiger partial charge is 0.486 e. The van der Waals surface area contributed by atoms with Crippen LogP contribution in [0.15, 0.2) is 17.1 Å². The van der Waals surface area contributed by atoms with Crippen LogP contribution in [-0.4, -0.2) is 18.2 Å². The summed E-state index contributed by atoms with van der Waals surface area (Å²) in [4.78, 5) is 11.2. The zero-order chi connectivity index (χ0) is 10.0. The molecule has 0 unspecified atom stereocenters. The summed E-state index contributed by atoms with van der Waals surface area (Å²) in [6, 6.07) is 1.68. The first kappa shape index (κ1) is 10.3. The van der Waals surface area contributed by atoms with E-state index >= 15 is 0 Å². The Labute approximate surface area is 87.8 Å². The summed E-state index contributed by atoms with van der Waals surface area (Å²) in [5.41, 5.74) is 0.0778. The van der Waals surface area contributed by atoms with Gasteiger partial charge in [0.25, 0.3) is 0 Å². The first-order valence-corrected chi connectivity index (χ1v) is 4.93. The third kappa shape index (κ3) is 2.10. The van der Waals surface area contributed by atoms with Crippen LogP contribution in [0.4, 0.5) is 0 Å². The lowest BCUT2D eigenvalue weighted by Crippen LogP contribution is -1.95. The summed E-state index contributed by atoms with van der Waals surface area (Å²) < 4.78 is 5.74. The molecule has 3 nitrogen and oxygen atoms in total.